The average molecular weight is 361 g/mol. The molecule has 8 heteroatoms. The molecule has 0 radical (unpaired) electrons. The summed E-state index contributed by atoms with van der Waals surface area (Å²) in [4.78, 5) is 28.4. The van der Waals surface area contributed by atoms with Crippen LogP contribution in [0, 0.1) is 5.82 Å². The van der Waals surface area contributed by atoms with Crippen LogP contribution in [-0.2, 0) is 6.54 Å². The maximum atomic E-state index is 14.8. The van der Waals surface area contributed by atoms with Gasteiger partial charge in [0.1, 0.15) is 5.52 Å². The zero-order chi connectivity index (χ0) is 17.7. The minimum atomic E-state index is -0.679. The maximum absolute atomic E-state index is 14.8. The van der Waals surface area contributed by atoms with Crippen LogP contribution in [0.1, 0.15) is 29.2 Å². The van der Waals surface area contributed by atoms with Crippen LogP contribution in [0.2, 0.25) is 0 Å². The van der Waals surface area contributed by atoms with Gasteiger partial charge in [-0.05, 0) is 30.9 Å². The fraction of sp³-hybridized carbons (Fsp3) is 0.294. The van der Waals surface area contributed by atoms with Crippen molar-refractivity contribution in [3.63, 3.8) is 0 Å². The van der Waals surface area contributed by atoms with Gasteiger partial charge in [0, 0.05) is 21.9 Å². The van der Waals surface area contributed by atoms with Gasteiger partial charge in [-0.2, -0.15) is 0 Å². The van der Waals surface area contributed by atoms with Crippen molar-refractivity contribution in [2.45, 2.75) is 25.3 Å². The summed E-state index contributed by atoms with van der Waals surface area (Å²) in [5, 5.41) is 0. The van der Waals surface area contributed by atoms with Gasteiger partial charge in [-0.25, -0.2) is 9.18 Å². The second kappa shape index (κ2) is 5.82. The molecule has 0 amide bonds. The fourth-order valence-corrected chi connectivity index (χ4v) is 4.05. The van der Waals surface area contributed by atoms with Crippen LogP contribution in [0.15, 0.2) is 27.9 Å². The number of fused-ring (bicyclic) bond motifs is 1. The van der Waals surface area contributed by atoms with Crippen LogP contribution in [-0.4, -0.2) is 16.5 Å². The number of halogens is 1. The summed E-state index contributed by atoms with van der Waals surface area (Å²) in [7, 11) is 1.41. The molecule has 0 saturated heterocycles. The Bertz CT molecular complexity index is 1090. The van der Waals surface area contributed by atoms with E-state index in [2.05, 4.69) is 4.98 Å². The summed E-state index contributed by atoms with van der Waals surface area (Å²) in [6.07, 6.45) is 2.84. The lowest BCUT2D eigenvalue weighted by atomic mass is 10.1. The lowest BCUT2D eigenvalue weighted by Gasteiger charge is -2.15. The van der Waals surface area contributed by atoms with Gasteiger partial charge in [-0.3, -0.25) is 14.2 Å². The third-order valence-corrected chi connectivity index (χ3v) is 5.53. The number of nitrogens with zero attached hydrogens (tertiary/aromatic N) is 1. The summed E-state index contributed by atoms with van der Waals surface area (Å²) in [6.45, 7) is 0.356. The summed E-state index contributed by atoms with van der Waals surface area (Å²) in [6, 6.07) is 3.60. The molecule has 25 heavy (non-hydrogen) atoms. The van der Waals surface area contributed by atoms with E-state index in [0.29, 0.717) is 22.5 Å². The van der Waals surface area contributed by atoms with Crippen molar-refractivity contribution in [2.75, 3.05) is 7.11 Å². The van der Waals surface area contributed by atoms with Gasteiger partial charge in [0.15, 0.2) is 11.6 Å². The van der Waals surface area contributed by atoms with Crippen molar-refractivity contribution in [1.82, 2.24) is 9.38 Å². The van der Waals surface area contributed by atoms with E-state index in [4.69, 9.17) is 10.5 Å². The predicted molar refractivity (Wildman–Crippen MR) is 94.0 cm³/mol. The van der Waals surface area contributed by atoms with E-state index < -0.39 is 17.1 Å². The lowest BCUT2D eigenvalue weighted by molar-refractivity contribution is 0.415. The van der Waals surface area contributed by atoms with E-state index in [-0.39, 0.29) is 17.2 Å². The Morgan fingerprint density at radius 3 is 2.76 bits per heavy atom. The minimum absolute atomic E-state index is 0.0644. The largest absolute Gasteiger partial charge is 0.494 e. The van der Waals surface area contributed by atoms with Crippen molar-refractivity contribution in [3.05, 3.63) is 55.4 Å². The molecule has 0 bridgehead atoms. The molecule has 4 rings (SSSR count). The zero-order valence-corrected chi connectivity index (χ0v) is 14.3. The molecule has 1 aliphatic rings. The molecule has 3 aromatic rings. The van der Waals surface area contributed by atoms with Gasteiger partial charge in [0.25, 0.3) is 5.56 Å². The smallest absolute Gasteiger partial charge is 0.333 e. The summed E-state index contributed by atoms with van der Waals surface area (Å²) in [5.41, 5.74) is 5.61. The number of aromatic nitrogens is 2. The number of H-pyrrole nitrogens is 1. The number of hydrogen-bond donors (Lipinski definition) is 2. The average Bonchev–Trinajstić information content (AvgIpc) is 3.31. The quantitative estimate of drug-likeness (QED) is 0.745. The van der Waals surface area contributed by atoms with Gasteiger partial charge in [-0.1, -0.05) is 0 Å². The molecule has 3 N–H and O–H groups in total. The molecule has 0 unspecified atom stereocenters. The Balaban J connectivity index is 2.14. The zero-order valence-electron chi connectivity index (χ0n) is 13.5. The number of nitrogens with two attached hydrogens (primary N) is 1. The Morgan fingerprint density at radius 2 is 2.16 bits per heavy atom. The highest BCUT2D eigenvalue weighted by Gasteiger charge is 2.32. The van der Waals surface area contributed by atoms with E-state index >= 15 is 0 Å². The topological polar surface area (TPSA) is 89.6 Å². The monoisotopic (exact) mass is 361 g/mol. The predicted octanol–water partition coefficient (Wildman–Crippen LogP) is 2.20. The van der Waals surface area contributed by atoms with E-state index in [1.165, 1.54) is 18.4 Å². The van der Waals surface area contributed by atoms with Crippen molar-refractivity contribution in [2.24, 2.45) is 5.73 Å². The second-order valence-corrected chi connectivity index (χ2v) is 7.19. The first-order valence-corrected chi connectivity index (χ1v) is 8.71. The van der Waals surface area contributed by atoms with Crippen LogP contribution in [0.3, 0.4) is 0 Å². The highest BCUT2D eigenvalue weighted by molar-refractivity contribution is 7.15. The molecule has 3 heterocycles. The van der Waals surface area contributed by atoms with Crippen molar-refractivity contribution in [1.29, 1.82) is 0 Å². The molecule has 130 valence electrons. The van der Waals surface area contributed by atoms with E-state index in [9.17, 15) is 14.0 Å². The van der Waals surface area contributed by atoms with Gasteiger partial charge in [0.05, 0.1) is 18.9 Å². The Morgan fingerprint density at radius 1 is 1.40 bits per heavy atom. The minimum Gasteiger partial charge on any atom is -0.494 e. The molecule has 0 aromatic carbocycles. The molecule has 6 nitrogen and oxygen atoms in total. The van der Waals surface area contributed by atoms with Crippen molar-refractivity contribution in [3.8, 4) is 16.2 Å². The third-order valence-electron chi connectivity index (χ3n) is 4.40. The van der Waals surface area contributed by atoms with Crippen molar-refractivity contribution >= 4 is 16.9 Å². The molecule has 1 aliphatic carbocycles. The number of ether oxygens (including phenoxy) is 1. The molecule has 0 aliphatic heterocycles. The summed E-state index contributed by atoms with van der Waals surface area (Å²) >= 11 is 1.36. The van der Waals surface area contributed by atoms with E-state index in [1.54, 1.807) is 6.07 Å². The van der Waals surface area contributed by atoms with Gasteiger partial charge < -0.3 is 10.5 Å². The number of nitrogens with one attached hydrogen (secondary N) is 1. The molecule has 3 aromatic heterocycles. The number of aromatic amines is 1. The second-order valence-electron chi connectivity index (χ2n) is 6.02. The third kappa shape index (κ3) is 2.49. The van der Waals surface area contributed by atoms with Crippen LogP contribution in [0.5, 0.6) is 5.75 Å². The normalized spacial score (nSPS) is 14.2. The molecule has 1 saturated carbocycles. The van der Waals surface area contributed by atoms with Crippen LogP contribution < -0.4 is 21.7 Å². The standard InChI is InChI=1S/C17H16FN3O3S/c1-24-15-13(11-5-4-9(6-19)25-11)10(18)7-21-14(15)12(8-2-3-8)16(22)20-17(21)23/h4-5,7-8H,2-3,6,19H2,1H3,(H,20,22,23). The number of rotatable bonds is 4. The Labute approximate surface area is 145 Å². The molecule has 0 atom stereocenters. The number of pyridine rings is 1. The van der Waals surface area contributed by atoms with Gasteiger partial charge >= 0.3 is 5.69 Å². The van der Waals surface area contributed by atoms with Crippen molar-refractivity contribution < 1.29 is 9.13 Å². The summed E-state index contributed by atoms with van der Waals surface area (Å²) < 4.78 is 21.5. The first-order chi connectivity index (χ1) is 12.0. The molecular weight excluding hydrogens is 345 g/mol. The maximum Gasteiger partial charge on any atom is 0.333 e. The lowest BCUT2D eigenvalue weighted by Crippen LogP contribution is -2.29. The van der Waals surface area contributed by atoms with Gasteiger partial charge in [-0.15, -0.1) is 11.3 Å². The molecule has 1 fully saturated rings. The van der Waals surface area contributed by atoms with Crippen LogP contribution in [0.25, 0.3) is 16.0 Å². The number of methoxy groups -OCH3 is 1. The molecule has 0 spiro atoms. The highest BCUT2D eigenvalue weighted by Crippen LogP contribution is 2.45. The van der Waals surface area contributed by atoms with E-state index in [1.807, 2.05) is 6.07 Å². The van der Waals surface area contributed by atoms with E-state index in [0.717, 1.165) is 28.3 Å². The number of thiophene rings is 1. The first kappa shape index (κ1) is 16.0. The summed E-state index contributed by atoms with van der Waals surface area (Å²) in [5.74, 6) is -0.323. The molecular formula is C17H16FN3O3S. The highest BCUT2D eigenvalue weighted by atomic mass is 32.1. The fourth-order valence-electron chi connectivity index (χ4n) is 3.12. The first-order valence-electron chi connectivity index (χ1n) is 7.89. The van der Waals surface area contributed by atoms with Crippen LogP contribution in [0.4, 0.5) is 4.39 Å². The Kier molecular flexibility index (Phi) is 3.73. The SMILES string of the molecule is COc1c(-c2ccc(CN)s2)c(F)cn2c(=O)[nH]c(=O)c(C3CC3)c12. The Hall–Kier alpha value is -2.45. The van der Waals surface area contributed by atoms with Crippen LogP contribution >= 0.6 is 11.3 Å². The van der Waals surface area contributed by atoms with Gasteiger partial charge in [0.2, 0.25) is 0 Å². The number of hydrogen-bond acceptors (Lipinski definition) is 5.